The van der Waals surface area contributed by atoms with Gasteiger partial charge in [-0.15, -0.1) is 0 Å². The van der Waals surface area contributed by atoms with Crippen molar-refractivity contribution in [1.82, 2.24) is 15.1 Å². The zero-order valence-corrected chi connectivity index (χ0v) is 13.0. The molecule has 0 saturated heterocycles. The van der Waals surface area contributed by atoms with E-state index in [2.05, 4.69) is 5.32 Å². The van der Waals surface area contributed by atoms with E-state index in [1.165, 1.54) is 7.11 Å². The molecule has 0 radical (unpaired) electrons. The van der Waals surface area contributed by atoms with Gasteiger partial charge in [-0.1, -0.05) is 13.8 Å². The highest BCUT2D eigenvalue weighted by molar-refractivity contribution is 5.82. The van der Waals surface area contributed by atoms with Gasteiger partial charge in [-0.25, -0.2) is 9.59 Å². The van der Waals surface area contributed by atoms with Crippen LogP contribution in [0.2, 0.25) is 0 Å². The van der Waals surface area contributed by atoms with Crippen molar-refractivity contribution in [1.29, 1.82) is 0 Å². The fraction of sp³-hybridized carbons (Fsp3) is 0.846. The molecule has 1 atom stereocenters. The van der Waals surface area contributed by atoms with Gasteiger partial charge in [-0.2, -0.15) is 0 Å². The Kier molecular flexibility index (Phi) is 8.91. The van der Waals surface area contributed by atoms with Crippen molar-refractivity contribution in [2.45, 2.75) is 19.9 Å². The Bertz CT molecular complexity index is 308. The average Bonchev–Trinajstić information content (AvgIpc) is 2.32. The summed E-state index contributed by atoms with van der Waals surface area (Å²) in [5.41, 5.74) is 0. The highest BCUT2D eigenvalue weighted by Gasteiger charge is 2.23. The predicted molar refractivity (Wildman–Crippen MR) is 76.8 cm³/mol. The van der Waals surface area contributed by atoms with Crippen molar-refractivity contribution in [3.8, 4) is 0 Å². The van der Waals surface area contributed by atoms with Gasteiger partial charge in [0.05, 0.1) is 6.61 Å². The molecule has 20 heavy (non-hydrogen) atoms. The molecular weight excluding hydrogens is 262 g/mol. The number of carbonyl (C=O) groups is 2. The molecule has 0 aliphatic carbocycles. The number of rotatable bonds is 9. The second-order valence-electron chi connectivity index (χ2n) is 5.44. The molecule has 0 aliphatic heterocycles. The van der Waals surface area contributed by atoms with Gasteiger partial charge in [-0.3, -0.25) is 0 Å². The molecule has 0 saturated carbocycles. The monoisotopic (exact) mass is 289 g/mol. The summed E-state index contributed by atoms with van der Waals surface area (Å²) in [5, 5.41) is 11.5. The summed E-state index contributed by atoms with van der Waals surface area (Å²) in [6.45, 7) is 5.83. The minimum Gasteiger partial charge on any atom is -0.480 e. The SMILES string of the molecule is COCC(NC(=O)N(CCN(C)C)CC(C)C)C(=O)O. The largest absolute Gasteiger partial charge is 0.480 e. The van der Waals surface area contributed by atoms with Gasteiger partial charge in [0.25, 0.3) is 0 Å². The van der Waals surface area contributed by atoms with Gasteiger partial charge in [0.2, 0.25) is 0 Å². The lowest BCUT2D eigenvalue weighted by atomic mass is 10.2. The molecule has 1 unspecified atom stereocenters. The van der Waals surface area contributed by atoms with Gasteiger partial charge in [0, 0.05) is 26.7 Å². The minimum atomic E-state index is -1.10. The molecule has 0 aromatic rings. The molecule has 2 N–H and O–H groups in total. The molecular formula is C13H27N3O4. The number of nitrogens with one attached hydrogen (secondary N) is 1. The quantitative estimate of drug-likeness (QED) is 0.638. The van der Waals surface area contributed by atoms with Gasteiger partial charge in [0.15, 0.2) is 6.04 Å². The van der Waals surface area contributed by atoms with E-state index >= 15 is 0 Å². The van der Waals surface area contributed by atoms with Crippen LogP contribution in [0.3, 0.4) is 0 Å². The number of carbonyl (C=O) groups excluding carboxylic acids is 1. The first-order valence-electron chi connectivity index (χ1n) is 6.69. The molecule has 0 spiro atoms. The molecule has 2 amide bonds. The Balaban J connectivity index is 4.61. The number of urea groups is 1. The molecule has 0 aliphatic rings. The molecule has 0 fully saturated rings. The van der Waals surface area contributed by atoms with Crippen molar-refractivity contribution in [3.05, 3.63) is 0 Å². The predicted octanol–water partition coefficient (Wildman–Crippen LogP) is 0.315. The van der Waals surface area contributed by atoms with Crippen LogP contribution in [-0.2, 0) is 9.53 Å². The first-order valence-corrected chi connectivity index (χ1v) is 6.69. The lowest BCUT2D eigenvalue weighted by Gasteiger charge is -2.27. The van der Waals surface area contributed by atoms with Gasteiger partial charge in [-0.05, 0) is 20.0 Å². The number of hydrogen-bond acceptors (Lipinski definition) is 4. The van der Waals surface area contributed by atoms with Gasteiger partial charge < -0.3 is 25.0 Å². The third-order valence-electron chi connectivity index (χ3n) is 2.62. The Hall–Kier alpha value is -1.34. The zero-order chi connectivity index (χ0) is 15.7. The van der Waals surface area contributed by atoms with E-state index in [1.807, 2.05) is 32.8 Å². The third kappa shape index (κ3) is 7.96. The van der Waals surface area contributed by atoms with Gasteiger partial charge in [0.1, 0.15) is 0 Å². The van der Waals surface area contributed by atoms with Crippen LogP contribution < -0.4 is 5.32 Å². The topological polar surface area (TPSA) is 82.1 Å². The van der Waals surface area contributed by atoms with E-state index in [0.717, 1.165) is 6.54 Å². The van der Waals surface area contributed by atoms with Crippen molar-refractivity contribution in [2.75, 3.05) is 47.4 Å². The first kappa shape index (κ1) is 18.7. The number of amides is 2. The van der Waals surface area contributed by atoms with E-state index < -0.39 is 12.0 Å². The lowest BCUT2D eigenvalue weighted by Crippen LogP contribution is -2.51. The standard InChI is InChI=1S/C13H27N3O4/c1-10(2)8-16(7-6-15(3)4)13(19)14-11(9-20-5)12(17)18/h10-11H,6-9H2,1-5H3,(H,14,19)(H,17,18). The number of aliphatic carboxylic acids is 1. The number of carboxylic acids is 1. The second-order valence-corrected chi connectivity index (χ2v) is 5.44. The van der Waals surface area contributed by atoms with Crippen molar-refractivity contribution < 1.29 is 19.4 Å². The third-order valence-corrected chi connectivity index (χ3v) is 2.62. The highest BCUT2D eigenvalue weighted by Crippen LogP contribution is 2.01. The van der Waals surface area contributed by atoms with Crippen molar-refractivity contribution in [2.24, 2.45) is 5.92 Å². The van der Waals surface area contributed by atoms with E-state index in [-0.39, 0.29) is 12.6 Å². The van der Waals surface area contributed by atoms with Crippen LogP contribution in [0, 0.1) is 5.92 Å². The molecule has 0 aromatic heterocycles. The molecule has 0 bridgehead atoms. The van der Waals surface area contributed by atoms with E-state index in [9.17, 15) is 9.59 Å². The zero-order valence-electron chi connectivity index (χ0n) is 13.0. The Morgan fingerprint density at radius 3 is 2.25 bits per heavy atom. The summed E-state index contributed by atoms with van der Waals surface area (Å²) in [6.07, 6.45) is 0. The summed E-state index contributed by atoms with van der Waals surface area (Å²) < 4.78 is 4.80. The van der Waals surface area contributed by atoms with Crippen molar-refractivity contribution in [3.63, 3.8) is 0 Å². The summed E-state index contributed by atoms with van der Waals surface area (Å²) in [6, 6.07) is -1.40. The number of hydrogen-bond donors (Lipinski definition) is 2. The fourth-order valence-corrected chi connectivity index (χ4v) is 1.62. The van der Waals surface area contributed by atoms with E-state index in [0.29, 0.717) is 19.0 Å². The summed E-state index contributed by atoms with van der Waals surface area (Å²) in [5.74, 6) is -0.786. The maximum Gasteiger partial charge on any atom is 0.328 e. The first-order chi connectivity index (χ1) is 9.27. The van der Waals surface area contributed by atoms with Crippen LogP contribution in [0.15, 0.2) is 0 Å². The Labute approximate surface area is 120 Å². The molecule has 7 nitrogen and oxygen atoms in total. The maximum absolute atomic E-state index is 12.2. The van der Waals surface area contributed by atoms with E-state index in [4.69, 9.17) is 9.84 Å². The van der Waals surface area contributed by atoms with Crippen LogP contribution in [0.4, 0.5) is 4.79 Å². The smallest absolute Gasteiger partial charge is 0.328 e. The number of carboxylic acid groups (broad SMARTS) is 1. The number of ether oxygens (including phenoxy) is 1. The Morgan fingerprint density at radius 2 is 1.85 bits per heavy atom. The van der Waals surface area contributed by atoms with Gasteiger partial charge >= 0.3 is 12.0 Å². The van der Waals surface area contributed by atoms with Crippen LogP contribution in [0.1, 0.15) is 13.8 Å². The number of nitrogens with zero attached hydrogens (tertiary/aromatic N) is 2. The van der Waals surface area contributed by atoms with Crippen molar-refractivity contribution >= 4 is 12.0 Å². The molecule has 0 rings (SSSR count). The van der Waals surface area contributed by atoms with Crippen LogP contribution in [-0.4, -0.2) is 80.4 Å². The lowest BCUT2D eigenvalue weighted by molar-refractivity contribution is -0.140. The average molecular weight is 289 g/mol. The molecule has 118 valence electrons. The fourth-order valence-electron chi connectivity index (χ4n) is 1.62. The second kappa shape index (κ2) is 9.55. The molecule has 7 heteroatoms. The van der Waals surface area contributed by atoms with Crippen LogP contribution in [0.5, 0.6) is 0 Å². The van der Waals surface area contributed by atoms with E-state index in [1.54, 1.807) is 4.90 Å². The summed E-state index contributed by atoms with van der Waals surface area (Å²) >= 11 is 0. The normalized spacial score (nSPS) is 12.6. The summed E-state index contributed by atoms with van der Waals surface area (Å²) in [4.78, 5) is 26.8. The highest BCUT2D eigenvalue weighted by atomic mass is 16.5. The van der Waals surface area contributed by atoms with Crippen LogP contribution >= 0.6 is 0 Å². The number of methoxy groups -OCH3 is 1. The maximum atomic E-state index is 12.2. The molecule has 0 aromatic carbocycles. The van der Waals surface area contributed by atoms with Crippen LogP contribution in [0.25, 0.3) is 0 Å². The summed E-state index contributed by atoms with van der Waals surface area (Å²) in [7, 11) is 5.26. The minimum absolute atomic E-state index is 0.0513. The Morgan fingerprint density at radius 1 is 1.25 bits per heavy atom. The number of likely N-dealkylation sites (N-methyl/N-ethyl adjacent to an activating group) is 1. The molecule has 0 heterocycles.